The van der Waals surface area contributed by atoms with E-state index >= 15 is 0 Å². The van der Waals surface area contributed by atoms with Crippen molar-refractivity contribution in [2.24, 2.45) is 11.1 Å². The van der Waals surface area contributed by atoms with Gasteiger partial charge in [-0.05, 0) is 49.5 Å². The van der Waals surface area contributed by atoms with E-state index in [1.54, 1.807) is 19.1 Å². The number of hydrogen-bond donors (Lipinski definition) is 1. The van der Waals surface area contributed by atoms with Gasteiger partial charge >= 0.3 is 0 Å². The Labute approximate surface area is 116 Å². The Hall–Kier alpha value is -0.930. The first kappa shape index (κ1) is 16.1. The molecule has 0 spiro atoms. The Kier molecular flexibility index (Phi) is 5.50. The second-order valence-electron chi connectivity index (χ2n) is 6.70. The highest BCUT2D eigenvalue weighted by molar-refractivity contribution is 5.25. The molecular formula is C16H27FN2. The summed E-state index contributed by atoms with van der Waals surface area (Å²) in [6.45, 7) is 10.4. The lowest BCUT2D eigenvalue weighted by molar-refractivity contribution is 0.221. The number of benzene rings is 1. The summed E-state index contributed by atoms with van der Waals surface area (Å²) < 4.78 is 13.5. The molecule has 1 rings (SSSR count). The fourth-order valence-electron chi connectivity index (χ4n) is 2.25. The molecular weight excluding hydrogens is 239 g/mol. The number of nitrogens with zero attached hydrogens (tertiary/aromatic N) is 1. The highest BCUT2D eigenvalue weighted by Gasteiger charge is 2.15. The first-order chi connectivity index (χ1) is 8.69. The van der Waals surface area contributed by atoms with Gasteiger partial charge in [0.05, 0.1) is 0 Å². The zero-order chi connectivity index (χ0) is 14.6. The fraction of sp³-hybridized carbons (Fsp3) is 0.625. The van der Waals surface area contributed by atoms with Crippen molar-refractivity contribution in [2.45, 2.75) is 40.2 Å². The first-order valence-corrected chi connectivity index (χ1v) is 6.89. The molecule has 0 saturated heterocycles. The minimum absolute atomic E-state index is 0.0995. The summed E-state index contributed by atoms with van der Waals surface area (Å²) in [6, 6.07) is 5.18. The van der Waals surface area contributed by atoms with Crippen molar-refractivity contribution in [3.05, 3.63) is 35.1 Å². The van der Waals surface area contributed by atoms with Gasteiger partial charge in [-0.2, -0.15) is 0 Å². The molecule has 0 radical (unpaired) electrons. The maximum atomic E-state index is 13.5. The lowest BCUT2D eigenvalue weighted by Crippen LogP contribution is -2.31. The third-order valence-electron chi connectivity index (χ3n) is 3.19. The molecule has 2 nitrogen and oxygen atoms in total. The maximum Gasteiger partial charge on any atom is 0.126 e. The molecule has 0 aromatic heterocycles. The Morgan fingerprint density at radius 1 is 1.32 bits per heavy atom. The predicted octanol–water partition coefficient (Wildman–Crippen LogP) is 3.50. The van der Waals surface area contributed by atoms with Gasteiger partial charge in [-0.1, -0.05) is 32.9 Å². The highest BCUT2D eigenvalue weighted by Crippen LogP contribution is 2.19. The number of hydrogen-bond acceptors (Lipinski definition) is 2. The van der Waals surface area contributed by atoms with Gasteiger partial charge in [0.2, 0.25) is 0 Å². The van der Waals surface area contributed by atoms with Crippen molar-refractivity contribution < 1.29 is 4.39 Å². The van der Waals surface area contributed by atoms with E-state index < -0.39 is 0 Å². The second kappa shape index (κ2) is 6.49. The summed E-state index contributed by atoms with van der Waals surface area (Å²) in [6.07, 6.45) is 0.842. The number of rotatable bonds is 5. The molecule has 0 aliphatic rings. The minimum atomic E-state index is -0.170. The molecule has 1 unspecified atom stereocenters. The molecule has 0 fully saturated rings. The van der Waals surface area contributed by atoms with E-state index in [9.17, 15) is 4.39 Å². The topological polar surface area (TPSA) is 29.3 Å². The molecule has 1 aromatic carbocycles. The summed E-state index contributed by atoms with van der Waals surface area (Å²) in [5.74, 6) is -0.170. The van der Waals surface area contributed by atoms with Gasteiger partial charge in [-0.15, -0.1) is 0 Å². The van der Waals surface area contributed by atoms with E-state index in [0.717, 1.165) is 25.1 Å². The normalized spacial score (nSPS) is 13.9. The molecule has 1 atom stereocenters. The van der Waals surface area contributed by atoms with E-state index in [1.807, 2.05) is 6.07 Å². The third-order valence-corrected chi connectivity index (χ3v) is 3.19. The number of halogens is 1. The molecule has 19 heavy (non-hydrogen) atoms. The lowest BCUT2D eigenvalue weighted by atomic mass is 9.96. The average molecular weight is 266 g/mol. The van der Waals surface area contributed by atoms with Gasteiger partial charge in [0.25, 0.3) is 0 Å². The fourth-order valence-corrected chi connectivity index (χ4v) is 2.25. The molecule has 1 aromatic rings. The van der Waals surface area contributed by atoms with Crippen molar-refractivity contribution in [1.29, 1.82) is 0 Å². The molecule has 0 heterocycles. The van der Waals surface area contributed by atoms with E-state index in [4.69, 9.17) is 5.73 Å². The summed E-state index contributed by atoms with van der Waals surface area (Å²) in [5.41, 5.74) is 7.97. The predicted molar refractivity (Wildman–Crippen MR) is 79.6 cm³/mol. The summed E-state index contributed by atoms with van der Waals surface area (Å²) in [5, 5.41) is 0. The van der Waals surface area contributed by atoms with Crippen LogP contribution in [-0.4, -0.2) is 25.0 Å². The maximum absolute atomic E-state index is 13.5. The van der Waals surface area contributed by atoms with Crippen LogP contribution in [0.5, 0.6) is 0 Å². The first-order valence-electron chi connectivity index (χ1n) is 6.89. The zero-order valence-corrected chi connectivity index (χ0v) is 12.8. The summed E-state index contributed by atoms with van der Waals surface area (Å²) in [7, 11) is 2.10. The van der Waals surface area contributed by atoms with E-state index in [1.165, 1.54) is 0 Å². The van der Waals surface area contributed by atoms with Crippen LogP contribution in [0.2, 0.25) is 0 Å². The Bertz CT molecular complexity index is 410. The van der Waals surface area contributed by atoms with Crippen molar-refractivity contribution in [1.82, 2.24) is 4.90 Å². The second-order valence-corrected chi connectivity index (χ2v) is 6.70. The standard InChI is InChI=1S/C16H27FN2/c1-12-6-7-13(10-14(12)17)15(18)8-9-19(5)11-16(2,3)4/h6-7,10,15H,8-9,11,18H2,1-5H3. The van der Waals surface area contributed by atoms with Gasteiger partial charge in [-0.25, -0.2) is 4.39 Å². The van der Waals surface area contributed by atoms with Crippen LogP contribution in [0.1, 0.15) is 44.4 Å². The largest absolute Gasteiger partial charge is 0.324 e. The van der Waals surface area contributed by atoms with Gasteiger partial charge in [0.15, 0.2) is 0 Å². The molecule has 108 valence electrons. The number of nitrogens with two attached hydrogens (primary N) is 1. The smallest absolute Gasteiger partial charge is 0.126 e. The molecule has 0 saturated carbocycles. The van der Waals surface area contributed by atoms with Crippen LogP contribution in [0.4, 0.5) is 4.39 Å². The van der Waals surface area contributed by atoms with Gasteiger partial charge < -0.3 is 10.6 Å². The highest BCUT2D eigenvalue weighted by atomic mass is 19.1. The van der Waals surface area contributed by atoms with Crippen LogP contribution in [0.15, 0.2) is 18.2 Å². The SMILES string of the molecule is Cc1ccc(C(N)CCN(C)CC(C)(C)C)cc1F. The zero-order valence-electron chi connectivity index (χ0n) is 12.8. The summed E-state index contributed by atoms with van der Waals surface area (Å²) in [4.78, 5) is 2.28. The minimum Gasteiger partial charge on any atom is -0.324 e. The van der Waals surface area contributed by atoms with Crippen molar-refractivity contribution in [2.75, 3.05) is 20.1 Å². The monoisotopic (exact) mass is 266 g/mol. The average Bonchev–Trinajstić information content (AvgIpc) is 2.27. The molecule has 2 N–H and O–H groups in total. The number of aryl methyl sites for hydroxylation is 1. The molecule has 0 bridgehead atoms. The van der Waals surface area contributed by atoms with Crippen LogP contribution in [0.3, 0.4) is 0 Å². The Morgan fingerprint density at radius 3 is 2.47 bits per heavy atom. The van der Waals surface area contributed by atoms with Crippen molar-refractivity contribution >= 4 is 0 Å². The molecule has 0 aliphatic carbocycles. The van der Waals surface area contributed by atoms with E-state index in [2.05, 4.69) is 32.7 Å². The summed E-state index contributed by atoms with van der Waals surface area (Å²) >= 11 is 0. The molecule has 3 heteroatoms. The van der Waals surface area contributed by atoms with Gasteiger partial charge in [0.1, 0.15) is 5.82 Å². The van der Waals surface area contributed by atoms with Crippen LogP contribution in [0, 0.1) is 18.2 Å². The molecule has 0 aliphatic heterocycles. The van der Waals surface area contributed by atoms with Crippen molar-refractivity contribution in [3.8, 4) is 0 Å². The van der Waals surface area contributed by atoms with Crippen molar-refractivity contribution in [3.63, 3.8) is 0 Å². The van der Waals surface area contributed by atoms with Crippen LogP contribution >= 0.6 is 0 Å². The van der Waals surface area contributed by atoms with Crippen LogP contribution in [-0.2, 0) is 0 Å². The van der Waals surface area contributed by atoms with E-state index in [0.29, 0.717) is 5.56 Å². The Balaban J connectivity index is 2.51. The van der Waals surface area contributed by atoms with Crippen LogP contribution in [0.25, 0.3) is 0 Å². The van der Waals surface area contributed by atoms with Crippen LogP contribution < -0.4 is 5.73 Å². The quantitative estimate of drug-likeness (QED) is 0.883. The van der Waals surface area contributed by atoms with Gasteiger partial charge in [-0.3, -0.25) is 0 Å². The van der Waals surface area contributed by atoms with Gasteiger partial charge in [0, 0.05) is 12.6 Å². The third kappa shape index (κ3) is 5.70. The Morgan fingerprint density at radius 2 is 1.95 bits per heavy atom. The van der Waals surface area contributed by atoms with E-state index in [-0.39, 0.29) is 17.3 Å². The molecule has 0 amide bonds. The lowest BCUT2D eigenvalue weighted by Gasteiger charge is -2.27.